The fraction of sp³-hybridized carbons (Fsp3) is 0.714. The van der Waals surface area contributed by atoms with E-state index in [-0.39, 0.29) is 42.4 Å². The van der Waals surface area contributed by atoms with Crippen LogP contribution < -0.4 is 17.0 Å². The quantitative estimate of drug-likeness (QED) is 0.463. The maximum absolute atomic E-state index is 10.6. The summed E-state index contributed by atoms with van der Waals surface area (Å²) in [5, 5.41) is 0. The van der Waals surface area contributed by atoms with E-state index in [1.807, 2.05) is 20.3 Å². The zero-order chi connectivity index (χ0) is 7.11. The topological polar surface area (TPSA) is 26.3 Å². The van der Waals surface area contributed by atoms with E-state index in [0.29, 0.717) is 13.0 Å². The zero-order valence-electron chi connectivity index (χ0n) is 7.10. The van der Waals surface area contributed by atoms with Gasteiger partial charge in [0.05, 0.1) is 6.61 Å². The van der Waals surface area contributed by atoms with Crippen molar-refractivity contribution in [3.05, 3.63) is 6.42 Å². The Balaban J connectivity index is -0.000000320. The molecule has 0 atom stereocenters. The van der Waals surface area contributed by atoms with Gasteiger partial charge in [-0.2, -0.15) is 0 Å². The number of halogens is 1. The number of carbonyl (C=O) groups is 1. The van der Waals surface area contributed by atoms with Gasteiger partial charge in [-0.15, -0.1) is 0 Å². The molecule has 0 bridgehead atoms. The molecule has 0 amide bonds. The third-order valence-corrected chi connectivity index (χ3v) is 0.942. The summed E-state index contributed by atoms with van der Waals surface area (Å²) in [6.07, 6.45) is 3.29. The van der Waals surface area contributed by atoms with Crippen molar-refractivity contribution in [2.75, 3.05) is 6.61 Å². The summed E-state index contributed by atoms with van der Waals surface area (Å²) in [7, 11) is 0. The van der Waals surface area contributed by atoms with Crippen LogP contribution in [0.4, 0.5) is 0 Å². The minimum atomic E-state index is -0.101. The molecule has 0 saturated carbocycles. The van der Waals surface area contributed by atoms with Crippen LogP contribution in [0.2, 0.25) is 0 Å². The summed E-state index contributed by atoms with van der Waals surface area (Å²) < 4.78 is 4.69. The summed E-state index contributed by atoms with van der Waals surface area (Å²) in [5.41, 5.74) is 0. The van der Waals surface area contributed by atoms with E-state index in [4.69, 9.17) is 0 Å². The first-order valence-electron chi connectivity index (χ1n) is 3.24. The Morgan fingerprint density at radius 2 is 2.09 bits per heavy atom. The molecule has 2 nitrogen and oxygen atoms in total. The van der Waals surface area contributed by atoms with Gasteiger partial charge in [0, 0.05) is 25.9 Å². The van der Waals surface area contributed by atoms with Crippen molar-refractivity contribution in [1.82, 2.24) is 0 Å². The van der Waals surface area contributed by atoms with Crippen molar-refractivity contribution in [2.45, 2.75) is 26.7 Å². The fourth-order valence-corrected chi connectivity index (χ4v) is 0.495. The number of ether oxygens (including phenoxy) is 1. The molecule has 11 heavy (non-hydrogen) atoms. The van der Waals surface area contributed by atoms with E-state index < -0.39 is 0 Å². The van der Waals surface area contributed by atoms with E-state index in [0.717, 1.165) is 6.42 Å². The first-order chi connectivity index (χ1) is 4.31. The molecule has 0 spiro atoms. The summed E-state index contributed by atoms with van der Waals surface area (Å²) in [4.78, 5) is 10.6. The smallest absolute Gasteiger partial charge is 0.305 e. The van der Waals surface area contributed by atoms with Crippen LogP contribution in [-0.4, -0.2) is 12.6 Å². The predicted octanol–water partition coefficient (Wildman–Crippen LogP) is -1.44. The van der Waals surface area contributed by atoms with Crippen molar-refractivity contribution < 1.29 is 46.0 Å². The van der Waals surface area contributed by atoms with Gasteiger partial charge in [-0.05, 0) is 19.8 Å². The number of hydrogen-bond donors (Lipinski definition) is 0. The normalized spacial score (nSPS) is 7.45. The van der Waals surface area contributed by atoms with Crippen molar-refractivity contribution >= 4 is 5.97 Å². The largest absolute Gasteiger partial charge is 1.00 e. The summed E-state index contributed by atoms with van der Waals surface area (Å²) >= 11 is 0. The van der Waals surface area contributed by atoms with Crippen LogP contribution in [0, 0.1) is 6.42 Å². The number of hydrogen-bond acceptors (Lipinski definition) is 2. The Morgan fingerprint density at radius 1 is 1.55 bits per heavy atom. The summed E-state index contributed by atoms with van der Waals surface area (Å²) in [5.74, 6) is -0.101. The van der Waals surface area contributed by atoms with Gasteiger partial charge in [0.2, 0.25) is 0 Å². The average molecular weight is 274 g/mol. The number of esters is 1. The van der Waals surface area contributed by atoms with Crippen LogP contribution in [0.1, 0.15) is 26.7 Å². The Labute approximate surface area is 91.6 Å². The van der Waals surface area contributed by atoms with Crippen LogP contribution >= 0.6 is 0 Å². The van der Waals surface area contributed by atoms with Gasteiger partial charge in [0.25, 0.3) is 0 Å². The molecule has 0 aromatic rings. The third kappa shape index (κ3) is 13.5. The van der Waals surface area contributed by atoms with Crippen molar-refractivity contribution in [3.63, 3.8) is 0 Å². The molecule has 0 unspecified atom stereocenters. The molecule has 0 aliphatic rings. The van der Waals surface area contributed by atoms with Crippen molar-refractivity contribution in [2.24, 2.45) is 0 Å². The molecule has 0 aromatic carbocycles. The van der Waals surface area contributed by atoms with Gasteiger partial charge in [0.1, 0.15) is 0 Å². The van der Waals surface area contributed by atoms with E-state index in [9.17, 15) is 4.79 Å². The second kappa shape index (κ2) is 13.2. The van der Waals surface area contributed by atoms with Crippen molar-refractivity contribution in [1.29, 1.82) is 0 Å². The standard InChI is InChI=1S/C7H13O2.BrH.Zn/c1-3-5-6-7(8)9-4-2;;/h3H,4-6H2,1-2H3;1H;/p-1. The molecule has 0 rings (SSSR count). The predicted molar refractivity (Wildman–Crippen MR) is 35.8 cm³/mol. The van der Waals surface area contributed by atoms with Crippen LogP contribution in [0.3, 0.4) is 0 Å². The molecule has 4 heteroatoms. The molecule has 0 N–H and O–H groups in total. The van der Waals surface area contributed by atoms with Gasteiger partial charge in [-0.1, -0.05) is 6.92 Å². The number of carbonyl (C=O) groups excluding carboxylic acids is 1. The molecular formula is C7H13BrO2Zn-. The Morgan fingerprint density at radius 3 is 2.45 bits per heavy atom. The van der Waals surface area contributed by atoms with E-state index in [1.54, 1.807) is 0 Å². The maximum Gasteiger partial charge on any atom is 0.305 e. The monoisotopic (exact) mass is 272 g/mol. The van der Waals surface area contributed by atoms with Gasteiger partial charge in [-0.3, -0.25) is 4.79 Å². The molecule has 0 fully saturated rings. The van der Waals surface area contributed by atoms with Gasteiger partial charge in [0.15, 0.2) is 0 Å². The molecule has 63 valence electrons. The van der Waals surface area contributed by atoms with E-state index in [1.165, 1.54) is 0 Å². The van der Waals surface area contributed by atoms with Gasteiger partial charge >= 0.3 is 5.97 Å². The maximum atomic E-state index is 10.6. The minimum Gasteiger partial charge on any atom is -1.00 e. The second-order valence-electron chi connectivity index (χ2n) is 1.75. The molecule has 0 saturated heterocycles. The Bertz CT molecular complexity index is 88.5. The molecule has 0 heterocycles. The first kappa shape index (κ1) is 17.6. The first-order valence-corrected chi connectivity index (χ1v) is 3.24. The van der Waals surface area contributed by atoms with Gasteiger partial charge in [-0.25, -0.2) is 0 Å². The van der Waals surface area contributed by atoms with Gasteiger partial charge < -0.3 is 21.7 Å². The Hall–Kier alpha value is 0.573. The molecule has 0 aliphatic heterocycles. The fourth-order valence-electron chi connectivity index (χ4n) is 0.495. The molecule has 0 aliphatic carbocycles. The zero-order valence-corrected chi connectivity index (χ0v) is 11.7. The SMILES string of the molecule is C[CH]CCC(=O)OCC.[Br-].[Zn]. The molecular weight excluding hydrogens is 261 g/mol. The minimum absolute atomic E-state index is 0. The number of unbranched alkanes of at least 4 members (excludes halogenated alkanes) is 1. The van der Waals surface area contributed by atoms with E-state index in [2.05, 4.69) is 4.74 Å². The molecule has 0 aromatic heterocycles. The summed E-state index contributed by atoms with van der Waals surface area (Å²) in [6, 6.07) is 0. The molecule has 1 radical (unpaired) electrons. The average Bonchev–Trinajstić information content (AvgIpc) is 1.85. The van der Waals surface area contributed by atoms with E-state index >= 15 is 0 Å². The number of rotatable bonds is 4. The van der Waals surface area contributed by atoms with Crippen LogP contribution in [0.15, 0.2) is 0 Å². The van der Waals surface area contributed by atoms with Crippen LogP contribution in [0.5, 0.6) is 0 Å². The van der Waals surface area contributed by atoms with Crippen LogP contribution in [0.25, 0.3) is 0 Å². The van der Waals surface area contributed by atoms with Crippen LogP contribution in [-0.2, 0) is 29.0 Å². The summed E-state index contributed by atoms with van der Waals surface area (Å²) in [6.45, 7) is 4.23. The third-order valence-electron chi connectivity index (χ3n) is 0.942. The van der Waals surface area contributed by atoms with Crippen molar-refractivity contribution in [3.8, 4) is 0 Å². The Kier molecular flexibility index (Phi) is 21.1. The second-order valence-corrected chi connectivity index (χ2v) is 1.75.